The Morgan fingerprint density at radius 1 is 0.833 bits per heavy atom. The highest BCUT2D eigenvalue weighted by Crippen LogP contribution is 2.55. The van der Waals surface area contributed by atoms with Crippen molar-refractivity contribution in [1.82, 2.24) is 10.6 Å². The Kier molecular flexibility index (Phi) is 8.29. The molecule has 2 N–H and O–H groups in total. The van der Waals surface area contributed by atoms with E-state index in [1.165, 1.54) is 72.8 Å². The van der Waals surface area contributed by atoms with Gasteiger partial charge in [0.2, 0.25) is 0 Å². The van der Waals surface area contributed by atoms with Gasteiger partial charge < -0.3 is 10.6 Å². The average molecular weight is 517 g/mol. The molecule has 5 rings (SSSR count). The second-order valence-electron chi connectivity index (χ2n) is 11.4. The predicted molar refractivity (Wildman–Crippen MR) is 162 cm³/mol. The van der Waals surface area contributed by atoms with Crippen molar-refractivity contribution in [2.75, 3.05) is 13.1 Å². The fraction of sp³-hybridized carbons (Fsp3) is 0.438. The van der Waals surface area contributed by atoms with Crippen molar-refractivity contribution in [2.24, 2.45) is 0 Å². The Morgan fingerprint density at radius 3 is 1.86 bits per heavy atom. The molecule has 2 saturated heterocycles. The van der Waals surface area contributed by atoms with Crippen molar-refractivity contribution in [3.8, 4) is 22.3 Å². The van der Waals surface area contributed by atoms with Gasteiger partial charge in [-0.05, 0) is 102 Å². The molecular weight excluding hydrogens is 474 g/mol. The summed E-state index contributed by atoms with van der Waals surface area (Å²) in [5, 5.41) is 7.83. The lowest BCUT2D eigenvalue weighted by Gasteiger charge is -2.36. The third-order valence-electron chi connectivity index (χ3n) is 7.85. The van der Waals surface area contributed by atoms with E-state index in [9.17, 15) is 0 Å². The maximum atomic E-state index is 3.92. The largest absolute Gasteiger partial charge is 0.310 e. The second-order valence-corrected chi connectivity index (χ2v) is 14.4. The van der Waals surface area contributed by atoms with Gasteiger partial charge in [0, 0.05) is 11.6 Å². The van der Waals surface area contributed by atoms with Crippen molar-refractivity contribution >= 4 is 17.2 Å². The highest BCUT2D eigenvalue weighted by Gasteiger charge is 2.35. The Balaban J connectivity index is 1.75. The van der Waals surface area contributed by atoms with E-state index in [4.69, 9.17) is 0 Å². The third kappa shape index (κ3) is 5.49. The van der Waals surface area contributed by atoms with Crippen LogP contribution >= 0.6 is 17.2 Å². The molecule has 36 heavy (non-hydrogen) atoms. The normalized spacial score (nSPS) is 21.1. The van der Waals surface area contributed by atoms with Crippen molar-refractivity contribution in [3.05, 3.63) is 83.4 Å². The number of hydrogen-bond donors (Lipinski definition) is 2. The molecule has 0 spiro atoms. The van der Waals surface area contributed by atoms with E-state index in [0.29, 0.717) is 11.6 Å². The number of nitrogens with one attached hydrogen (secondary N) is 2. The zero-order valence-corrected chi connectivity index (χ0v) is 24.2. The van der Waals surface area contributed by atoms with Gasteiger partial charge in [0.25, 0.3) is 0 Å². The molecule has 3 unspecified atom stereocenters. The molecule has 3 aromatic rings. The minimum atomic E-state index is -0.201. The summed E-state index contributed by atoms with van der Waals surface area (Å²) in [5.74, 6) is 1.35. The van der Waals surface area contributed by atoms with Crippen molar-refractivity contribution in [1.29, 1.82) is 0 Å². The van der Waals surface area contributed by atoms with Crippen molar-refractivity contribution < 1.29 is 0 Å². The molecule has 3 aromatic carbocycles. The smallest absolute Gasteiger partial charge is 0.0286 e. The Morgan fingerprint density at radius 2 is 1.39 bits per heavy atom. The summed E-state index contributed by atoms with van der Waals surface area (Å²) in [6.45, 7) is 9.62. The molecule has 4 heteroatoms. The fourth-order valence-electron chi connectivity index (χ4n) is 6.24. The van der Waals surface area contributed by atoms with E-state index >= 15 is 0 Å². The number of benzene rings is 3. The summed E-state index contributed by atoms with van der Waals surface area (Å²) >= 11 is 0. The number of hydrogen-bond acceptors (Lipinski definition) is 2. The Bertz CT molecular complexity index is 1130. The van der Waals surface area contributed by atoms with Crippen molar-refractivity contribution in [2.45, 2.75) is 75.8 Å². The predicted octanol–water partition coefficient (Wildman–Crippen LogP) is 8.09. The SMILES string of the molecule is CC(C)(C)c1c(CP(C2CCCN2)C2CCCN2)c(CP)cc(-c2ccccc2)c1-c1ccccc1. The summed E-state index contributed by atoms with van der Waals surface area (Å²) in [6.07, 6.45) is 7.50. The van der Waals surface area contributed by atoms with Crippen LogP contribution in [0.3, 0.4) is 0 Å². The lowest BCUT2D eigenvalue weighted by molar-refractivity contribution is 0.586. The lowest BCUT2D eigenvalue weighted by Crippen LogP contribution is -2.30. The van der Waals surface area contributed by atoms with E-state index < -0.39 is 0 Å². The first-order valence-electron chi connectivity index (χ1n) is 13.7. The van der Waals surface area contributed by atoms with E-state index in [1.54, 1.807) is 11.1 Å². The molecule has 2 fully saturated rings. The first kappa shape index (κ1) is 26.1. The maximum Gasteiger partial charge on any atom is 0.0286 e. The Labute approximate surface area is 222 Å². The highest BCUT2D eigenvalue weighted by atomic mass is 31.1. The highest BCUT2D eigenvalue weighted by molar-refractivity contribution is 7.58. The second kappa shape index (κ2) is 11.4. The van der Waals surface area contributed by atoms with Gasteiger partial charge in [-0.25, -0.2) is 0 Å². The first-order valence-corrected chi connectivity index (χ1v) is 16.2. The van der Waals surface area contributed by atoms with Crippen LogP contribution in [0.25, 0.3) is 22.3 Å². The zero-order chi connectivity index (χ0) is 25.1. The molecule has 2 aliphatic heterocycles. The van der Waals surface area contributed by atoms with E-state index in [0.717, 1.165) is 6.16 Å². The minimum absolute atomic E-state index is 0.0348. The summed E-state index contributed by atoms with van der Waals surface area (Å²) < 4.78 is 0. The molecule has 2 heterocycles. The molecule has 3 atom stereocenters. The molecular formula is C32H42N2P2. The van der Waals surface area contributed by atoms with Gasteiger partial charge in [0.05, 0.1) is 0 Å². The molecule has 0 aromatic heterocycles. The van der Waals surface area contributed by atoms with Crippen LogP contribution < -0.4 is 10.6 Å². The van der Waals surface area contributed by atoms with E-state index in [1.807, 2.05) is 0 Å². The molecule has 0 bridgehead atoms. The third-order valence-corrected chi connectivity index (χ3v) is 11.5. The topological polar surface area (TPSA) is 24.1 Å². The summed E-state index contributed by atoms with van der Waals surface area (Å²) in [4.78, 5) is 0. The molecule has 0 amide bonds. The zero-order valence-electron chi connectivity index (χ0n) is 22.2. The molecule has 0 radical (unpaired) electrons. The van der Waals surface area contributed by atoms with Crippen LogP contribution in [-0.4, -0.2) is 24.7 Å². The number of rotatable bonds is 7. The maximum absolute atomic E-state index is 3.92. The van der Waals surface area contributed by atoms with Crippen molar-refractivity contribution in [3.63, 3.8) is 0 Å². The van der Waals surface area contributed by atoms with Gasteiger partial charge in [-0.2, -0.15) is 0 Å². The van der Waals surface area contributed by atoms with Gasteiger partial charge in [-0.15, -0.1) is 9.24 Å². The van der Waals surface area contributed by atoms with Crippen LogP contribution in [-0.2, 0) is 17.7 Å². The lowest BCUT2D eigenvalue weighted by atomic mass is 9.75. The van der Waals surface area contributed by atoms with Crippen LogP contribution in [0, 0.1) is 0 Å². The first-order chi connectivity index (χ1) is 17.5. The minimum Gasteiger partial charge on any atom is -0.310 e. The molecule has 2 nitrogen and oxygen atoms in total. The van der Waals surface area contributed by atoms with E-state index in [2.05, 4.69) is 107 Å². The summed E-state index contributed by atoms with van der Waals surface area (Å²) in [6, 6.07) is 24.7. The summed E-state index contributed by atoms with van der Waals surface area (Å²) in [7, 11) is 2.85. The van der Waals surface area contributed by atoms with Crippen LogP contribution in [0.5, 0.6) is 0 Å². The quantitative estimate of drug-likeness (QED) is 0.310. The Hall–Kier alpha value is -1.56. The van der Waals surface area contributed by atoms with Gasteiger partial charge in [-0.3, -0.25) is 0 Å². The standard InChI is InChI=1S/C32H42N2P2/c1-32(2,3)31-27(22-36(28-16-10-18-33-28)29-17-11-19-34-29)25(21-35)20-26(23-12-6-4-7-13-23)30(31)24-14-8-5-9-15-24/h4-9,12-15,20,28-29,33-34H,10-11,16-19,21-22,35H2,1-3H3. The fourth-order valence-corrected chi connectivity index (χ4v) is 9.96. The van der Waals surface area contributed by atoms with Crippen LogP contribution in [0.4, 0.5) is 0 Å². The van der Waals surface area contributed by atoms with Gasteiger partial charge in [0.1, 0.15) is 0 Å². The van der Waals surface area contributed by atoms with Gasteiger partial charge in [-0.1, -0.05) is 89.4 Å². The molecule has 0 saturated carbocycles. The van der Waals surface area contributed by atoms with E-state index in [-0.39, 0.29) is 13.3 Å². The van der Waals surface area contributed by atoms with Gasteiger partial charge in [0.15, 0.2) is 0 Å². The molecule has 190 valence electrons. The van der Waals surface area contributed by atoms with Crippen LogP contribution in [0.2, 0.25) is 0 Å². The summed E-state index contributed by atoms with van der Waals surface area (Å²) in [5.41, 5.74) is 10.2. The molecule has 0 aliphatic carbocycles. The average Bonchev–Trinajstić information content (AvgIpc) is 3.62. The molecule has 2 aliphatic rings. The van der Waals surface area contributed by atoms with Crippen LogP contribution in [0.15, 0.2) is 66.7 Å². The van der Waals surface area contributed by atoms with Gasteiger partial charge >= 0.3 is 0 Å². The van der Waals surface area contributed by atoms with Crippen LogP contribution in [0.1, 0.15) is 63.1 Å². The monoisotopic (exact) mass is 516 g/mol.